The van der Waals surface area contributed by atoms with E-state index in [1.54, 1.807) is 0 Å². The average molecular weight is 459 g/mol. The number of nitrogens with zero attached hydrogens (tertiary/aromatic N) is 2. The van der Waals surface area contributed by atoms with Crippen molar-refractivity contribution in [1.29, 1.82) is 0 Å². The molecule has 5 heteroatoms. The number of benzene rings is 1. The van der Waals surface area contributed by atoms with Crippen LogP contribution < -0.4 is 5.32 Å². The largest absolute Gasteiger partial charge is 0.381 e. The summed E-state index contributed by atoms with van der Waals surface area (Å²) in [6.45, 7) is 11.9. The minimum Gasteiger partial charge on any atom is -0.381 e. The number of hydrogen-bond acceptors (Lipinski definition) is 2. The van der Waals surface area contributed by atoms with Crippen LogP contribution in [-0.4, -0.2) is 50.3 Å². The molecule has 1 saturated heterocycles. The first kappa shape index (κ1) is 22.2. The fourth-order valence-corrected chi connectivity index (χ4v) is 3.10. The Morgan fingerprint density at radius 1 is 1.20 bits per heavy atom. The molecule has 0 radical (unpaired) electrons. The van der Waals surface area contributed by atoms with Gasteiger partial charge in [-0.15, -0.1) is 24.0 Å². The Kier molecular flexibility index (Phi) is 11.1. The van der Waals surface area contributed by atoms with Crippen LogP contribution in [0, 0.1) is 5.92 Å². The summed E-state index contributed by atoms with van der Waals surface area (Å²) in [5, 5.41) is 3.44. The molecule has 142 valence electrons. The highest BCUT2D eigenvalue weighted by molar-refractivity contribution is 14.0. The molecule has 0 aliphatic carbocycles. The molecular weight excluding hydrogens is 425 g/mol. The number of nitrogens with one attached hydrogen (secondary N) is 1. The van der Waals surface area contributed by atoms with Crippen molar-refractivity contribution < 1.29 is 4.74 Å². The molecule has 2 rings (SSSR count). The van der Waals surface area contributed by atoms with Crippen molar-refractivity contribution in [3.63, 3.8) is 0 Å². The third-order valence-electron chi connectivity index (χ3n) is 4.57. The van der Waals surface area contributed by atoms with E-state index in [0.29, 0.717) is 5.92 Å². The number of aryl methyl sites for hydroxylation is 1. The van der Waals surface area contributed by atoms with Gasteiger partial charge in [0, 0.05) is 38.7 Å². The second-order valence-electron chi connectivity index (χ2n) is 6.42. The average Bonchev–Trinajstić information content (AvgIpc) is 3.08. The molecule has 1 aromatic rings. The molecule has 25 heavy (non-hydrogen) atoms. The highest BCUT2D eigenvalue weighted by Crippen LogP contribution is 2.16. The summed E-state index contributed by atoms with van der Waals surface area (Å²) in [5.41, 5.74) is 2.76. The topological polar surface area (TPSA) is 36.9 Å². The molecule has 1 aliphatic rings. The lowest BCUT2D eigenvalue weighted by molar-refractivity contribution is 0.114. The maximum atomic E-state index is 5.58. The van der Waals surface area contributed by atoms with Crippen LogP contribution in [-0.2, 0) is 17.6 Å². The van der Waals surface area contributed by atoms with Crippen molar-refractivity contribution in [2.24, 2.45) is 10.9 Å². The van der Waals surface area contributed by atoms with Crippen LogP contribution in [0.25, 0.3) is 0 Å². The summed E-state index contributed by atoms with van der Waals surface area (Å²) >= 11 is 0. The van der Waals surface area contributed by atoms with Gasteiger partial charge in [-0.3, -0.25) is 4.99 Å². The summed E-state index contributed by atoms with van der Waals surface area (Å²) in [6, 6.07) is 8.91. The van der Waals surface area contributed by atoms with Crippen LogP contribution in [0.3, 0.4) is 0 Å². The van der Waals surface area contributed by atoms with Gasteiger partial charge < -0.3 is 15.0 Å². The van der Waals surface area contributed by atoms with Crippen molar-refractivity contribution in [3.8, 4) is 0 Å². The molecule has 1 atom stereocenters. The van der Waals surface area contributed by atoms with Gasteiger partial charge in [-0.1, -0.05) is 31.2 Å². The van der Waals surface area contributed by atoms with Crippen LogP contribution in [0.2, 0.25) is 0 Å². The minimum atomic E-state index is 0. The summed E-state index contributed by atoms with van der Waals surface area (Å²) in [5.74, 6) is 1.69. The van der Waals surface area contributed by atoms with Gasteiger partial charge in [0.2, 0.25) is 0 Å². The van der Waals surface area contributed by atoms with E-state index in [2.05, 4.69) is 55.3 Å². The molecule has 0 amide bonds. The maximum absolute atomic E-state index is 5.58. The third kappa shape index (κ3) is 7.52. The molecular formula is C20H34IN3O. The second-order valence-corrected chi connectivity index (χ2v) is 6.42. The van der Waals surface area contributed by atoms with E-state index >= 15 is 0 Å². The number of ether oxygens (including phenoxy) is 1. The molecule has 0 spiro atoms. The van der Waals surface area contributed by atoms with E-state index in [0.717, 1.165) is 58.2 Å². The molecule has 4 nitrogen and oxygen atoms in total. The highest BCUT2D eigenvalue weighted by atomic mass is 127. The fourth-order valence-electron chi connectivity index (χ4n) is 3.10. The Morgan fingerprint density at radius 2 is 1.92 bits per heavy atom. The van der Waals surface area contributed by atoms with Crippen molar-refractivity contribution >= 4 is 29.9 Å². The summed E-state index contributed by atoms with van der Waals surface area (Å²) < 4.78 is 5.58. The van der Waals surface area contributed by atoms with Gasteiger partial charge in [0.05, 0.1) is 6.61 Å². The van der Waals surface area contributed by atoms with Gasteiger partial charge in [-0.25, -0.2) is 0 Å². The Morgan fingerprint density at radius 3 is 2.56 bits per heavy atom. The zero-order valence-corrected chi connectivity index (χ0v) is 18.3. The Labute approximate surface area is 170 Å². The zero-order valence-electron chi connectivity index (χ0n) is 16.0. The number of aliphatic imine (C=N–C) groups is 1. The molecule has 1 N–H and O–H groups in total. The van der Waals surface area contributed by atoms with Crippen molar-refractivity contribution in [2.75, 3.05) is 39.4 Å². The molecule has 1 unspecified atom stereocenters. The molecule has 0 saturated carbocycles. The lowest BCUT2D eigenvalue weighted by Gasteiger charge is -2.21. The number of halogens is 1. The van der Waals surface area contributed by atoms with E-state index in [4.69, 9.17) is 9.73 Å². The molecule has 0 aromatic heterocycles. The van der Waals surface area contributed by atoms with Crippen molar-refractivity contribution in [1.82, 2.24) is 10.2 Å². The molecule has 1 heterocycles. The predicted molar refractivity (Wildman–Crippen MR) is 117 cm³/mol. The number of guanidine groups is 1. The van der Waals surface area contributed by atoms with Gasteiger partial charge in [0.15, 0.2) is 5.96 Å². The highest BCUT2D eigenvalue weighted by Gasteiger charge is 2.24. The minimum absolute atomic E-state index is 0. The van der Waals surface area contributed by atoms with Crippen LogP contribution in [0.5, 0.6) is 0 Å². The Hall–Kier alpha value is -0.820. The van der Waals surface area contributed by atoms with Gasteiger partial charge in [-0.05, 0) is 44.2 Å². The maximum Gasteiger partial charge on any atom is 0.193 e. The van der Waals surface area contributed by atoms with E-state index in [1.165, 1.54) is 17.5 Å². The Balaban J connectivity index is 0.00000312. The second kappa shape index (κ2) is 12.5. The van der Waals surface area contributed by atoms with Gasteiger partial charge in [0.1, 0.15) is 0 Å². The number of likely N-dealkylation sites (tertiary alicyclic amines) is 1. The fraction of sp³-hybridized carbons (Fsp3) is 0.650. The lowest BCUT2D eigenvalue weighted by atomic mass is 10.1. The van der Waals surface area contributed by atoms with E-state index in [1.807, 2.05) is 0 Å². The number of rotatable bonds is 8. The van der Waals surface area contributed by atoms with E-state index < -0.39 is 0 Å². The summed E-state index contributed by atoms with van der Waals surface area (Å²) in [7, 11) is 0. The van der Waals surface area contributed by atoms with E-state index in [-0.39, 0.29) is 24.0 Å². The normalized spacial score (nSPS) is 17.5. The van der Waals surface area contributed by atoms with Crippen LogP contribution >= 0.6 is 24.0 Å². The molecule has 1 aliphatic heterocycles. The number of hydrogen-bond donors (Lipinski definition) is 1. The van der Waals surface area contributed by atoms with Gasteiger partial charge in [-0.2, -0.15) is 0 Å². The SMILES string of the molecule is CCNC(=NCCc1ccc(CC)cc1)N1CCC(COCC)C1.I. The van der Waals surface area contributed by atoms with Crippen molar-refractivity contribution in [3.05, 3.63) is 35.4 Å². The predicted octanol–water partition coefficient (Wildman–Crippen LogP) is 3.73. The standard InChI is InChI=1S/C20H33N3O.HI/c1-4-17-7-9-18(10-8-17)11-13-22-20(21-5-2)23-14-12-19(15-23)16-24-6-3;/h7-10,19H,4-6,11-16H2,1-3H3,(H,21,22);1H. The Bertz CT molecular complexity index is 504. The molecule has 1 fully saturated rings. The first-order valence-corrected chi connectivity index (χ1v) is 9.45. The van der Waals surface area contributed by atoms with Crippen LogP contribution in [0.1, 0.15) is 38.3 Å². The monoisotopic (exact) mass is 459 g/mol. The molecule has 1 aromatic carbocycles. The van der Waals surface area contributed by atoms with Gasteiger partial charge in [0.25, 0.3) is 0 Å². The first-order valence-electron chi connectivity index (χ1n) is 9.45. The smallest absolute Gasteiger partial charge is 0.193 e. The lowest BCUT2D eigenvalue weighted by Crippen LogP contribution is -2.40. The first-order chi connectivity index (χ1) is 11.8. The molecule has 0 bridgehead atoms. The quantitative estimate of drug-likeness (QED) is 0.366. The van der Waals surface area contributed by atoms with Gasteiger partial charge >= 0.3 is 0 Å². The summed E-state index contributed by atoms with van der Waals surface area (Å²) in [6.07, 6.45) is 3.29. The van der Waals surface area contributed by atoms with Crippen LogP contribution in [0.15, 0.2) is 29.3 Å². The van der Waals surface area contributed by atoms with E-state index in [9.17, 15) is 0 Å². The van der Waals surface area contributed by atoms with Crippen molar-refractivity contribution in [2.45, 2.75) is 40.0 Å². The third-order valence-corrected chi connectivity index (χ3v) is 4.57. The van der Waals surface area contributed by atoms with Crippen LogP contribution in [0.4, 0.5) is 0 Å². The summed E-state index contributed by atoms with van der Waals surface area (Å²) in [4.78, 5) is 7.22. The zero-order chi connectivity index (χ0) is 17.2.